The van der Waals surface area contributed by atoms with Gasteiger partial charge in [-0.05, 0) is 31.2 Å². The van der Waals surface area contributed by atoms with Crippen molar-refractivity contribution in [3.05, 3.63) is 48.0 Å². The number of benzene rings is 2. The van der Waals surface area contributed by atoms with E-state index in [-0.39, 0.29) is 4.90 Å². The van der Waals surface area contributed by atoms with Gasteiger partial charge in [0, 0.05) is 20.2 Å². The maximum atomic E-state index is 12.1. The molecule has 6 heteroatoms. The minimum atomic E-state index is -3.52. The highest BCUT2D eigenvalue weighted by atomic mass is 32.2. The van der Waals surface area contributed by atoms with E-state index in [1.54, 1.807) is 0 Å². The first kappa shape index (κ1) is 15.3. The minimum Gasteiger partial charge on any atom is -0.455 e. The molecule has 0 radical (unpaired) electrons. The Morgan fingerprint density at radius 2 is 1.67 bits per heavy atom. The molecule has 0 saturated heterocycles. The minimum absolute atomic E-state index is 0.142. The zero-order chi connectivity index (χ0) is 15.6. The van der Waals surface area contributed by atoms with Crippen molar-refractivity contribution in [3.63, 3.8) is 0 Å². The van der Waals surface area contributed by atoms with Crippen LogP contribution in [0.5, 0.6) is 11.5 Å². The van der Waals surface area contributed by atoms with E-state index < -0.39 is 10.0 Å². The molecule has 2 rings (SSSR count). The number of ether oxygens (including phenoxy) is 1. The topological polar surface area (TPSA) is 72.6 Å². The van der Waals surface area contributed by atoms with Crippen molar-refractivity contribution in [1.82, 2.24) is 4.31 Å². The van der Waals surface area contributed by atoms with Crippen molar-refractivity contribution < 1.29 is 13.2 Å². The smallest absolute Gasteiger partial charge is 0.242 e. The van der Waals surface area contributed by atoms with Crippen LogP contribution in [0.2, 0.25) is 0 Å². The predicted octanol–water partition coefficient (Wildman–Crippen LogP) is 2.62. The zero-order valence-electron chi connectivity index (χ0n) is 12.2. The Bertz CT molecular complexity index is 738. The Morgan fingerprint density at radius 1 is 1.05 bits per heavy atom. The van der Waals surface area contributed by atoms with Gasteiger partial charge in [0.15, 0.2) is 5.75 Å². The number of hydrogen-bond acceptors (Lipinski definition) is 4. The summed E-state index contributed by atoms with van der Waals surface area (Å²) < 4.78 is 31.1. The molecule has 0 saturated carbocycles. The summed E-state index contributed by atoms with van der Waals surface area (Å²) in [4.78, 5) is 0.142. The van der Waals surface area contributed by atoms with Gasteiger partial charge in [-0.15, -0.1) is 0 Å². The zero-order valence-corrected chi connectivity index (χ0v) is 13.0. The van der Waals surface area contributed by atoms with E-state index in [0.29, 0.717) is 17.2 Å². The van der Waals surface area contributed by atoms with Gasteiger partial charge in [-0.3, -0.25) is 0 Å². The van der Waals surface area contributed by atoms with Crippen molar-refractivity contribution >= 4 is 15.7 Å². The first-order chi connectivity index (χ1) is 9.80. The molecule has 2 N–H and O–H groups in total. The number of anilines is 1. The molecule has 0 aromatic heterocycles. The molecule has 21 heavy (non-hydrogen) atoms. The average molecular weight is 306 g/mol. The lowest BCUT2D eigenvalue weighted by molar-refractivity contribution is 0.481. The van der Waals surface area contributed by atoms with Gasteiger partial charge in [-0.2, -0.15) is 0 Å². The second kappa shape index (κ2) is 5.75. The number of nitrogens with two attached hydrogens (primary N) is 1. The molecule has 0 spiro atoms. The van der Waals surface area contributed by atoms with E-state index >= 15 is 0 Å². The number of hydrogen-bond donors (Lipinski definition) is 1. The molecular formula is C15H18N2O3S. The second-order valence-corrected chi connectivity index (χ2v) is 7.05. The SMILES string of the molecule is Cc1ccc(Oc2cc(S(=O)(=O)N(C)C)ccc2N)cc1. The maximum Gasteiger partial charge on any atom is 0.242 e. The highest BCUT2D eigenvalue weighted by Crippen LogP contribution is 2.30. The molecule has 0 atom stereocenters. The molecule has 0 aliphatic carbocycles. The molecule has 112 valence electrons. The van der Waals surface area contributed by atoms with Crippen LogP contribution in [-0.2, 0) is 10.0 Å². The Balaban J connectivity index is 2.38. The van der Waals surface area contributed by atoms with Gasteiger partial charge in [0.2, 0.25) is 10.0 Å². The number of rotatable bonds is 4. The fourth-order valence-corrected chi connectivity index (χ4v) is 2.63. The predicted molar refractivity (Wildman–Crippen MR) is 83.0 cm³/mol. The van der Waals surface area contributed by atoms with Gasteiger partial charge >= 0.3 is 0 Å². The third-order valence-electron chi connectivity index (χ3n) is 3.01. The van der Waals surface area contributed by atoms with Crippen molar-refractivity contribution in [3.8, 4) is 11.5 Å². The summed E-state index contributed by atoms with van der Waals surface area (Å²) in [5.74, 6) is 0.925. The van der Waals surface area contributed by atoms with Gasteiger partial charge in [0.05, 0.1) is 10.6 Å². The van der Waals surface area contributed by atoms with Crippen LogP contribution < -0.4 is 10.5 Å². The molecule has 0 heterocycles. The van der Waals surface area contributed by atoms with Crippen LogP contribution in [-0.4, -0.2) is 26.8 Å². The summed E-state index contributed by atoms with van der Waals surface area (Å²) in [6.07, 6.45) is 0. The van der Waals surface area contributed by atoms with E-state index in [9.17, 15) is 8.42 Å². The molecule has 2 aromatic carbocycles. The molecule has 0 fully saturated rings. The third-order valence-corrected chi connectivity index (χ3v) is 4.82. The van der Waals surface area contributed by atoms with Crippen LogP contribution in [0.3, 0.4) is 0 Å². The second-order valence-electron chi connectivity index (χ2n) is 4.90. The first-order valence-electron chi connectivity index (χ1n) is 6.37. The molecule has 5 nitrogen and oxygen atoms in total. The van der Waals surface area contributed by atoms with Crippen LogP contribution >= 0.6 is 0 Å². The van der Waals surface area contributed by atoms with E-state index in [2.05, 4.69) is 0 Å². The van der Waals surface area contributed by atoms with E-state index in [1.165, 1.54) is 32.3 Å². The lowest BCUT2D eigenvalue weighted by Crippen LogP contribution is -2.22. The van der Waals surface area contributed by atoms with Crippen molar-refractivity contribution in [1.29, 1.82) is 0 Å². The Kier molecular flexibility index (Phi) is 4.20. The fraction of sp³-hybridized carbons (Fsp3) is 0.200. The summed E-state index contributed by atoms with van der Waals surface area (Å²) in [5.41, 5.74) is 7.35. The molecule has 2 aromatic rings. The van der Waals surface area contributed by atoms with Crippen LogP contribution in [0.15, 0.2) is 47.4 Å². The van der Waals surface area contributed by atoms with Crippen LogP contribution in [0.25, 0.3) is 0 Å². The molecule has 0 unspecified atom stereocenters. The van der Waals surface area contributed by atoms with Gasteiger partial charge in [0.1, 0.15) is 5.75 Å². The highest BCUT2D eigenvalue weighted by molar-refractivity contribution is 7.89. The maximum absolute atomic E-state index is 12.1. The standard InChI is InChI=1S/C15H18N2O3S/c1-11-4-6-12(7-5-11)20-15-10-13(8-9-14(15)16)21(18,19)17(2)3/h4-10H,16H2,1-3H3. The molecule has 0 aliphatic rings. The summed E-state index contributed by atoms with van der Waals surface area (Å²) in [6.45, 7) is 1.97. The highest BCUT2D eigenvalue weighted by Gasteiger charge is 2.18. The first-order valence-corrected chi connectivity index (χ1v) is 7.81. The van der Waals surface area contributed by atoms with Crippen LogP contribution in [0, 0.1) is 6.92 Å². The van der Waals surface area contributed by atoms with Crippen LogP contribution in [0.4, 0.5) is 5.69 Å². The Morgan fingerprint density at radius 3 is 2.24 bits per heavy atom. The number of aryl methyl sites for hydroxylation is 1. The van der Waals surface area contributed by atoms with Gasteiger partial charge in [-0.25, -0.2) is 12.7 Å². The van der Waals surface area contributed by atoms with Crippen molar-refractivity contribution in [2.45, 2.75) is 11.8 Å². The normalized spacial score (nSPS) is 11.6. The summed E-state index contributed by atoms with van der Waals surface area (Å²) in [7, 11) is -0.561. The molecule has 0 amide bonds. The Labute approximate surface area is 125 Å². The quantitative estimate of drug-likeness (QED) is 0.881. The number of sulfonamides is 1. The molecular weight excluding hydrogens is 288 g/mol. The lowest BCUT2D eigenvalue weighted by Gasteiger charge is -2.14. The number of nitrogen functional groups attached to an aromatic ring is 1. The van der Waals surface area contributed by atoms with E-state index in [0.717, 1.165) is 9.87 Å². The summed E-state index contributed by atoms with van der Waals surface area (Å²) in [6, 6.07) is 11.9. The monoisotopic (exact) mass is 306 g/mol. The largest absolute Gasteiger partial charge is 0.455 e. The lowest BCUT2D eigenvalue weighted by atomic mass is 10.2. The molecule has 0 aliphatic heterocycles. The van der Waals surface area contributed by atoms with Crippen molar-refractivity contribution in [2.75, 3.05) is 19.8 Å². The summed E-state index contributed by atoms with van der Waals surface area (Å²) >= 11 is 0. The average Bonchev–Trinajstić information content (AvgIpc) is 2.43. The van der Waals surface area contributed by atoms with Crippen molar-refractivity contribution in [2.24, 2.45) is 0 Å². The molecule has 0 bridgehead atoms. The van der Waals surface area contributed by atoms with E-state index in [4.69, 9.17) is 10.5 Å². The number of nitrogens with zero attached hydrogens (tertiary/aromatic N) is 1. The Hall–Kier alpha value is -2.05. The summed E-state index contributed by atoms with van der Waals surface area (Å²) in [5, 5.41) is 0. The fourth-order valence-electron chi connectivity index (χ4n) is 1.71. The van der Waals surface area contributed by atoms with Gasteiger partial charge in [-0.1, -0.05) is 17.7 Å². The third kappa shape index (κ3) is 3.34. The van der Waals surface area contributed by atoms with E-state index in [1.807, 2.05) is 31.2 Å². The van der Waals surface area contributed by atoms with Gasteiger partial charge < -0.3 is 10.5 Å². The van der Waals surface area contributed by atoms with Gasteiger partial charge in [0.25, 0.3) is 0 Å². The van der Waals surface area contributed by atoms with Crippen LogP contribution in [0.1, 0.15) is 5.56 Å².